The Morgan fingerprint density at radius 2 is 1.94 bits per heavy atom. The van der Waals surface area contributed by atoms with E-state index < -0.39 is 22.0 Å². The molecule has 0 unspecified atom stereocenters. The summed E-state index contributed by atoms with van der Waals surface area (Å²) < 4.78 is 33.1. The van der Waals surface area contributed by atoms with Gasteiger partial charge in [-0.05, 0) is 48.2 Å². The lowest BCUT2D eigenvalue weighted by molar-refractivity contribution is 0.0952. The molecule has 1 aliphatic heterocycles. The van der Waals surface area contributed by atoms with Crippen LogP contribution in [0.25, 0.3) is 0 Å². The Morgan fingerprint density at radius 1 is 1.16 bits per heavy atom. The van der Waals surface area contributed by atoms with Crippen LogP contribution in [0.3, 0.4) is 0 Å². The van der Waals surface area contributed by atoms with Gasteiger partial charge in [0.2, 0.25) is 0 Å². The third-order valence-electron chi connectivity index (χ3n) is 4.86. The van der Waals surface area contributed by atoms with Gasteiger partial charge in [0.15, 0.2) is 0 Å². The second kappa shape index (κ2) is 9.01. The number of benzene rings is 2. The van der Waals surface area contributed by atoms with Crippen LogP contribution in [0.4, 0.5) is 16.2 Å². The monoisotopic (exact) mass is 471 g/mol. The van der Waals surface area contributed by atoms with Crippen molar-refractivity contribution in [2.24, 2.45) is 0 Å². The first-order valence-corrected chi connectivity index (χ1v) is 12.2. The zero-order chi connectivity index (χ0) is 22.7. The van der Waals surface area contributed by atoms with Gasteiger partial charge in [-0.3, -0.25) is 14.4 Å². The lowest BCUT2D eigenvalue weighted by Gasteiger charge is -2.14. The highest BCUT2D eigenvalue weighted by molar-refractivity contribution is 7.93. The minimum absolute atomic E-state index is 0.0749. The molecule has 1 aromatic heterocycles. The number of nitrogens with zero attached hydrogens (tertiary/aromatic N) is 1. The second-order valence-electron chi connectivity index (χ2n) is 7.20. The molecule has 1 aliphatic rings. The molecule has 0 atom stereocenters. The highest BCUT2D eigenvalue weighted by atomic mass is 32.2. The molecule has 8 nitrogen and oxygen atoms in total. The topological polar surface area (TPSA) is 105 Å². The minimum atomic E-state index is -3.92. The summed E-state index contributed by atoms with van der Waals surface area (Å²) in [5.41, 5.74) is 2.88. The molecule has 3 aromatic rings. The molecule has 2 amide bonds. The van der Waals surface area contributed by atoms with Crippen LogP contribution in [0.5, 0.6) is 0 Å². The van der Waals surface area contributed by atoms with Crippen molar-refractivity contribution in [2.45, 2.75) is 18.4 Å². The van der Waals surface area contributed by atoms with E-state index in [1.165, 1.54) is 11.0 Å². The van der Waals surface area contributed by atoms with Gasteiger partial charge in [-0.25, -0.2) is 13.2 Å². The van der Waals surface area contributed by atoms with E-state index in [4.69, 9.17) is 4.74 Å². The van der Waals surface area contributed by atoms with Crippen molar-refractivity contribution in [3.05, 3.63) is 76.0 Å². The summed E-state index contributed by atoms with van der Waals surface area (Å²) in [7, 11) is -3.92. The average Bonchev–Trinajstić information content (AvgIpc) is 3.43. The molecular formula is C22H21N3O5S2. The maximum atomic E-state index is 12.8. The van der Waals surface area contributed by atoms with Crippen LogP contribution < -0.4 is 14.9 Å². The molecule has 4 rings (SSSR count). The second-order valence-corrected chi connectivity index (χ2v) is 9.77. The number of ether oxygens (including phenoxy) is 1. The van der Waals surface area contributed by atoms with Crippen molar-refractivity contribution in [1.29, 1.82) is 0 Å². The zero-order valence-corrected chi connectivity index (χ0v) is 18.8. The first-order valence-electron chi connectivity index (χ1n) is 9.82. The fourth-order valence-electron chi connectivity index (χ4n) is 3.23. The van der Waals surface area contributed by atoms with Crippen LogP contribution in [0, 0.1) is 6.92 Å². The summed E-state index contributed by atoms with van der Waals surface area (Å²) in [6, 6.07) is 15.5. The van der Waals surface area contributed by atoms with Crippen LogP contribution in [0.2, 0.25) is 0 Å². The maximum Gasteiger partial charge on any atom is 0.414 e. The van der Waals surface area contributed by atoms with E-state index in [1.54, 1.807) is 47.8 Å². The van der Waals surface area contributed by atoms with Gasteiger partial charge in [-0.15, -0.1) is 11.3 Å². The van der Waals surface area contributed by atoms with Gasteiger partial charge in [0, 0.05) is 17.9 Å². The lowest BCUT2D eigenvalue weighted by atomic mass is 10.2. The van der Waals surface area contributed by atoms with Gasteiger partial charge in [-0.1, -0.05) is 29.8 Å². The SMILES string of the molecule is Cc1ccc(NS(=O)(=O)c2ccsc2C(=O)NCc2cccc(N3CCOC3=O)c2)cc1. The predicted molar refractivity (Wildman–Crippen MR) is 123 cm³/mol. The van der Waals surface area contributed by atoms with Crippen molar-refractivity contribution in [3.63, 3.8) is 0 Å². The Kier molecular flexibility index (Phi) is 6.15. The van der Waals surface area contributed by atoms with E-state index in [1.807, 2.05) is 13.0 Å². The Hall–Kier alpha value is -3.37. The quantitative estimate of drug-likeness (QED) is 0.546. The van der Waals surface area contributed by atoms with E-state index in [2.05, 4.69) is 10.0 Å². The number of hydrogen-bond acceptors (Lipinski definition) is 6. The summed E-state index contributed by atoms with van der Waals surface area (Å²) in [5, 5.41) is 4.33. The summed E-state index contributed by atoms with van der Waals surface area (Å²) >= 11 is 1.06. The fraction of sp³-hybridized carbons (Fsp3) is 0.182. The molecule has 1 saturated heterocycles. The van der Waals surface area contributed by atoms with Crippen LogP contribution >= 0.6 is 11.3 Å². The van der Waals surface area contributed by atoms with Gasteiger partial charge in [0.05, 0.1) is 6.54 Å². The highest BCUT2D eigenvalue weighted by Gasteiger charge is 2.25. The lowest BCUT2D eigenvalue weighted by Crippen LogP contribution is -2.25. The van der Waals surface area contributed by atoms with Crippen LogP contribution in [-0.2, 0) is 21.3 Å². The third kappa shape index (κ3) is 4.76. The summed E-state index contributed by atoms with van der Waals surface area (Å²) in [6.45, 7) is 2.90. The van der Waals surface area contributed by atoms with Crippen molar-refractivity contribution in [1.82, 2.24) is 5.32 Å². The first-order chi connectivity index (χ1) is 15.3. The predicted octanol–water partition coefficient (Wildman–Crippen LogP) is 3.74. The van der Waals surface area contributed by atoms with Crippen LogP contribution in [0.1, 0.15) is 20.8 Å². The number of amides is 2. The van der Waals surface area contributed by atoms with Gasteiger partial charge in [0.25, 0.3) is 15.9 Å². The van der Waals surface area contributed by atoms with Crippen molar-refractivity contribution >= 4 is 44.7 Å². The number of cyclic esters (lactones) is 1. The molecule has 0 spiro atoms. The molecule has 1 fully saturated rings. The number of sulfonamides is 1. The van der Waals surface area contributed by atoms with Gasteiger partial charge in [0.1, 0.15) is 16.4 Å². The first kappa shape index (κ1) is 21.8. The number of carbonyl (C=O) groups excluding carboxylic acids is 2. The number of hydrogen-bond donors (Lipinski definition) is 2. The molecule has 0 bridgehead atoms. The molecule has 0 aliphatic carbocycles. The molecule has 10 heteroatoms. The van der Waals surface area contributed by atoms with Crippen LogP contribution in [0.15, 0.2) is 64.9 Å². The fourth-order valence-corrected chi connectivity index (χ4v) is 5.63. The van der Waals surface area contributed by atoms with Crippen LogP contribution in [-0.4, -0.2) is 33.6 Å². The van der Waals surface area contributed by atoms with Gasteiger partial charge in [-0.2, -0.15) is 0 Å². The molecule has 0 radical (unpaired) electrons. The Labute approximate surface area is 189 Å². The summed E-state index contributed by atoms with van der Waals surface area (Å²) in [5.74, 6) is -0.490. The Balaban J connectivity index is 1.46. The minimum Gasteiger partial charge on any atom is -0.447 e. The molecule has 2 heterocycles. The Morgan fingerprint density at radius 3 is 2.66 bits per heavy atom. The molecular weight excluding hydrogens is 450 g/mol. The summed E-state index contributed by atoms with van der Waals surface area (Å²) in [6.07, 6.45) is -0.402. The van der Waals surface area contributed by atoms with Gasteiger partial charge >= 0.3 is 6.09 Å². The van der Waals surface area contributed by atoms with Gasteiger partial charge < -0.3 is 10.1 Å². The largest absolute Gasteiger partial charge is 0.447 e. The smallest absolute Gasteiger partial charge is 0.414 e. The maximum absolute atomic E-state index is 12.8. The molecule has 0 saturated carbocycles. The molecule has 2 aromatic carbocycles. The summed E-state index contributed by atoms with van der Waals surface area (Å²) in [4.78, 5) is 26.1. The van der Waals surface area contributed by atoms with E-state index in [0.29, 0.717) is 24.5 Å². The molecule has 32 heavy (non-hydrogen) atoms. The number of carbonyl (C=O) groups is 2. The van der Waals surface area contributed by atoms with E-state index in [0.717, 1.165) is 22.5 Å². The number of rotatable bonds is 7. The van der Waals surface area contributed by atoms with E-state index in [9.17, 15) is 18.0 Å². The van der Waals surface area contributed by atoms with Crippen molar-refractivity contribution in [2.75, 3.05) is 22.8 Å². The number of aryl methyl sites for hydroxylation is 1. The van der Waals surface area contributed by atoms with E-state index >= 15 is 0 Å². The molecule has 2 N–H and O–H groups in total. The van der Waals surface area contributed by atoms with Crippen molar-refractivity contribution in [3.8, 4) is 0 Å². The third-order valence-corrected chi connectivity index (χ3v) is 7.33. The average molecular weight is 472 g/mol. The molecule has 166 valence electrons. The Bertz CT molecular complexity index is 1250. The highest BCUT2D eigenvalue weighted by Crippen LogP contribution is 2.25. The number of nitrogens with one attached hydrogen (secondary N) is 2. The van der Waals surface area contributed by atoms with E-state index in [-0.39, 0.29) is 16.3 Å². The normalized spacial score (nSPS) is 13.7. The number of thiophene rings is 1. The zero-order valence-electron chi connectivity index (χ0n) is 17.2. The standard InChI is InChI=1S/C22H21N3O5S2/c1-15-5-7-17(8-6-15)24-32(28,29)19-9-12-31-20(19)21(26)23-14-16-3-2-4-18(13-16)25-10-11-30-22(25)27/h2-9,12-13,24H,10-11,14H2,1H3,(H,23,26). The van der Waals surface area contributed by atoms with Crippen molar-refractivity contribution < 1.29 is 22.7 Å². The number of anilines is 2.